The zero-order valence-corrected chi connectivity index (χ0v) is 14.6. The lowest BCUT2D eigenvalue weighted by molar-refractivity contribution is -0.121. The molecule has 24 heavy (non-hydrogen) atoms. The highest BCUT2D eigenvalue weighted by Crippen LogP contribution is 2.35. The van der Waals surface area contributed by atoms with Crippen molar-refractivity contribution in [2.45, 2.75) is 13.5 Å². The molecule has 2 aromatic carbocycles. The number of carbonyl (C=O) groups is 2. The van der Waals surface area contributed by atoms with Gasteiger partial charge >= 0.3 is 0 Å². The highest BCUT2D eigenvalue weighted by atomic mass is 35.5. The number of rotatable bonds is 3. The minimum atomic E-state index is -0.311. The summed E-state index contributed by atoms with van der Waals surface area (Å²) in [4.78, 5) is 27.6. The zero-order chi connectivity index (χ0) is 17.3. The molecule has 3 rings (SSSR count). The standard InChI is InChI=1S/C18H16Cl2N2O2/c1-12-9-21(11-23)16-4-2-3-5-17(16)22(18(12)24)10-13-6-7-14(19)8-15(13)20/h2-8,11-12H,9-10H2,1H3. The first-order chi connectivity index (χ1) is 11.5. The van der Waals surface area contributed by atoms with Gasteiger partial charge in [0.05, 0.1) is 23.8 Å². The average Bonchev–Trinajstić information content (AvgIpc) is 2.67. The molecule has 1 aliphatic heterocycles. The van der Waals surface area contributed by atoms with E-state index in [1.807, 2.05) is 37.3 Å². The largest absolute Gasteiger partial charge is 0.312 e. The zero-order valence-electron chi connectivity index (χ0n) is 13.1. The van der Waals surface area contributed by atoms with Crippen molar-refractivity contribution in [3.8, 4) is 0 Å². The average molecular weight is 363 g/mol. The molecule has 0 fully saturated rings. The van der Waals surface area contributed by atoms with Crippen LogP contribution in [0.25, 0.3) is 0 Å². The van der Waals surface area contributed by atoms with E-state index in [9.17, 15) is 9.59 Å². The van der Waals surface area contributed by atoms with E-state index in [2.05, 4.69) is 0 Å². The Labute approximate surface area is 150 Å². The minimum Gasteiger partial charge on any atom is -0.312 e. The van der Waals surface area contributed by atoms with E-state index in [4.69, 9.17) is 23.2 Å². The van der Waals surface area contributed by atoms with Gasteiger partial charge < -0.3 is 9.80 Å². The van der Waals surface area contributed by atoms with Crippen LogP contribution < -0.4 is 9.80 Å². The second-order valence-corrected chi connectivity index (χ2v) is 6.65. The molecule has 6 heteroatoms. The third-order valence-corrected chi connectivity index (χ3v) is 4.70. The number of para-hydroxylation sites is 2. The van der Waals surface area contributed by atoms with Crippen LogP contribution in [0, 0.1) is 5.92 Å². The van der Waals surface area contributed by atoms with Crippen LogP contribution in [-0.2, 0) is 16.1 Å². The van der Waals surface area contributed by atoms with Crippen LogP contribution in [0.3, 0.4) is 0 Å². The van der Waals surface area contributed by atoms with Gasteiger partial charge in [-0.2, -0.15) is 0 Å². The Balaban J connectivity index is 2.06. The van der Waals surface area contributed by atoms with Crippen molar-refractivity contribution in [3.63, 3.8) is 0 Å². The Morgan fingerprint density at radius 1 is 1.17 bits per heavy atom. The lowest BCUT2D eigenvalue weighted by atomic mass is 10.1. The Hall–Kier alpha value is -2.04. The van der Waals surface area contributed by atoms with Crippen molar-refractivity contribution < 1.29 is 9.59 Å². The fourth-order valence-electron chi connectivity index (χ4n) is 2.87. The smallest absolute Gasteiger partial charge is 0.231 e. The van der Waals surface area contributed by atoms with E-state index in [0.29, 0.717) is 28.8 Å². The Morgan fingerprint density at radius 3 is 2.54 bits per heavy atom. The van der Waals surface area contributed by atoms with E-state index in [-0.39, 0.29) is 11.8 Å². The fraction of sp³-hybridized carbons (Fsp3) is 0.222. The number of benzene rings is 2. The predicted octanol–water partition coefficient (Wildman–Crippen LogP) is 4.14. The Kier molecular flexibility index (Phi) is 4.78. The minimum absolute atomic E-state index is 0.0437. The summed E-state index contributed by atoms with van der Waals surface area (Å²) in [7, 11) is 0. The molecular weight excluding hydrogens is 347 g/mol. The maximum absolute atomic E-state index is 12.9. The normalized spacial score (nSPS) is 17.5. The predicted molar refractivity (Wildman–Crippen MR) is 96.7 cm³/mol. The van der Waals surface area contributed by atoms with Crippen molar-refractivity contribution in [3.05, 3.63) is 58.1 Å². The fourth-order valence-corrected chi connectivity index (χ4v) is 3.34. The van der Waals surface area contributed by atoms with Crippen LogP contribution in [0.5, 0.6) is 0 Å². The third kappa shape index (κ3) is 3.12. The van der Waals surface area contributed by atoms with Crippen molar-refractivity contribution in [1.82, 2.24) is 0 Å². The van der Waals surface area contributed by atoms with Gasteiger partial charge in [0, 0.05) is 16.6 Å². The monoisotopic (exact) mass is 362 g/mol. The summed E-state index contributed by atoms with van der Waals surface area (Å²) in [5.74, 6) is -0.355. The van der Waals surface area contributed by atoms with Gasteiger partial charge in [-0.3, -0.25) is 9.59 Å². The van der Waals surface area contributed by atoms with Crippen LogP contribution in [-0.4, -0.2) is 18.9 Å². The van der Waals surface area contributed by atoms with Crippen molar-refractivity contribution in [1.29, 1.82) is 0 Å². The molecule has 0 saturated heterocycles. The summed E-state index contributed by atoms with van der Waals surface area (Å²) < 4.78 is 0. The van der Waals surface area contributed by atoms with Crippen LogP contribution in [0.1, 0.15) is 12.5 Å². The number of carbonyl (C=O) groups excluding carboxylic acids is 2. The lowest BCUT2D eigenvalue weighted by Crippen LogP contribution is -2.36. The molecule has 0 spiro atoms. The van der Waals surface area contributed by atoms with Gasteiger partial charge in [-0.15, -0.1) is 0 Å². The molecule has 1 unspecified atom stereocenters. The maximum Gasteiger partial charge on any atom is 0.231 e. The molecule has 0 saturated carbocycles. The van der Waals surface area contributed by atoms with Gasteiger partial charge in [0.25, 0.3) is 0 Å². The van der Waals surface area contributed by atoms with Crippen LogP contribution >= 0.6 is 23.2 Å². The number of amides is 2. The highest BCUT2D eigenvalue weighted by molar-refractivity contribution is 6.35. The Bertz CT molecular complexity index is 794. The molecule has 0 aliphatic carbocycles. The topological polar surface area (TPSA) is 40.6 Å². The quantitative estimate of drug-likeness (QED) is 0.769. The van der Waals surface area contributed by atoms with Gasteiger partial charge in [-0.05, 0) is 29.8 Å². The summed E-state index contributed by atoms with van der Waals surface area (Å²) in [6.45, 7) is 2.49. The van der Waals surface area contributed by atoms with Crippen LogP contribution in [0.15, 0.2) is 42.5 Å². The third-order valence-electron chi connectivity index (χ3n) is 4.11. The molecule has 0 aromatic heterocycles. The first-order valence-electron chi connectivity index (χ1n) is 7.57. The van der Waals surface area contributed by atoms with E-state index < -0.39 is 0 Å². The first-order valence-corrected chi connectivity index (χ1v) is 8.33. The summed E-state index contributed by atoms with van der Waals surface area (Å²) in [6.07, 6.45) is 0.765. The first kappa shape index (κ1) is 16.8. The van der Waals surface area contributed by atoms with Gasteiger partial charge in [0.2, 0.25) is 12.3 Å². The molecule has 0 radical (unpaired) electrons. The summed E-state index contributed by atoms with van der Waals surface area (Å²) in [6, 6.07) is 12.6. The number of fused-ring (bicyclic) bond motifs is 1. The molecule has 124 valence electrons. The van der Waals surface area contributed by atoms with E-state index in [1.54, 1.807) is 21.9 Å². The second-order valence-electron chi connectivity index (χ2n) is 5.81. The van der Waals surface area contributed by atoms with E-state index >= 15 is 0 Å². The number of halogens is 2. The van der Waals surface area contributed by atoms with E-state index in [1.165, 1.54) is 0 Å². The summed E-state index contributed by atoms with van der Waals surface area (Å²) in [5.41, 5.74) is 2.22. The van der Waals surface area contributed by atoms with Gasteiger partial charge in [-0.25, -0.2) is 0 Å². The Morgan fingerprint density at radius 2 is 1.88 bits per heavy atom. The molecule has 1 aliphatic rings. The summed E-state index contributed by atoms with van der Waals surface area (Å²) in [5, 5.41) is 1.06. The number of nitrogens with zero attached hydrogens (tertiary/aromatic N) is 2. The molecular formula is C18H16Cl2N2O2. The molecule has 0 N–H and O–H groups in total. The lowest BCUT2D eigenvalue weighted by Gasteiger charge is -2.25. The molecule has 2 amide bonds. The second kappa shape index (κ2) is 6.83. The maximum atomic E-state index is 12.9. The molecule has 4 nitrogen and oxygen atoms in total. The van der Waals surface area contributed by atoms with Crippen LogP contribution in [0.2, 0.25) is 10.0 Å². The van der Waals surface area contributed by atoms with Crippen LogP contribution in [0.4, 0.5) is 11.4 Å². The van der Waals surface area contributed by atoms with Crippen molar-refractivity contribution in [2.24, 2.45) is 5.92 Å². The molecule has 2 aromatic rings. The molecule has 1 atom stereocenters. The van der Waals surface area contributed by atoms with Crippen molar-refractivity contribution in [2.75, 3.05) is 16.3 Å². The van der Waals surface area contributed by atoms with E-state index in [0.717, 1.165) is 17.7 Å². The summed E-state index contributed by atoms with van der Waals surface area (Å²) >= 11 is 12.2. The van der Waals surface area contributed by atoms with Gasteiger partial charge in [-0.1, -0.05) is 48.3 Å². The number of hydrogen-bond acceptors (Lipinski definition) is 2. The number of hydrogen-bond donors (Lipinski definition) is 0. The highest BCUT2D eigenvalue weighted by Gasteiger charge is 2.31. The molecule has 0 bridgehead atoms. The van der Waals surface area contributed by atoms with Gasteiger partial charge in [0.15, 0.2) is 0 Å². The van der Waals surface area contributed by atoms with Crippen molar-refractivity contribution >= 4 is 46.9 Å². The van der Waals surface area contributed by atoms with Gasteiger partial charge in [0.1, 0.15) is 0 Å². The SMILES string of the molecule is CC1CN(C=O)c2ccccc2N(Cc2ccc(Cl)cc2Cl)C1=O. The number of anilines is 2. The molecule has 1 heterocycles.